The number of nitrogens with zero attached hydrogens (tertiary/aromatic N) is 8. The number of carbonyl (C=O) groups excluding carboxylic acids is 1. The maximum Gasteiger partial charge on any atom is 0.251 e. The van der Waals surface area contributed by atoms with Crippen LogP contribution in [0.4, 0.5) is 16.0 Å². The van der Waals surface area contributed by atoms with Gasteiger partial charge in [-0.25, -0.2) is 14.4 Å². The Morgan fingerprint density at radius 2 is 1.58 bits per heavy atom. The van der Waals surface area contributed by atoms with Crippen LogP contribution >= 0.6 is 11.6 Å². The van der Waals surface area contributed by atoms with E-state index < -0.39 is 0 Å². The Morgan fingerprint density at radius 3 is 2.27 bits per heavy atom. The molecule has 13 nitrogen and oxygen atoms in total. The lowest BCUT2D eigenvalue weighted by molar-refractivity contribution is 0.0459. The first-order valence-corrected chi connectivity index (χ1v) is 18.3. The smallest absolute Gasteiger partial charge is 0.251 e. The van der Waals surface area contributed by atoms with E-state index in [4.69, 9.17) is 21.1 Å². The number of aliphatic hydroxyl groups excluding tert-OH is 1. The second kappa shape index (κ2) is 18.8. The summed E-state index contributed by atoms with van der Waals surface area (Å²) in [6.07, 6.45) is 9.15. The summed E-state index contributed by atoms with van der Waals surface area (Å²) in [6.45, 7) is 11.2. The number of nitrogens with one attached hydrogen (secondary N) is 1. The second-order valence-corrected chi connectivity index (χ2v) is 13.4. The van der Waals surface area contributed by atoms with Crippen LogP contribution in [0.1, 0.15) is 23.2 Å². The highest BCUT2D eigenvalue weighted by molar-refractivity contribution is 6.30. The van der Waals surface area contributed by atoms with E-state index in [9.17, 15) is 14.3 Å². The predicted molar refractivity (Wildman–Crippen MR) is 198 cm³/mol. The lowest BCUT2D eigenvalue weighted by atomic mass is 10.2. The molecule has 5 heterocycles. The number of hydrogen-bond donors (Lipinski definition) is 2. The number of hydrogen-bond acceptors (Lipinski definition) is 11. The Morgan fingerprint density at radius 1 is 0.885 bits per heavy atom. The van der Waals surface area contributed by atoms with Crippen LogP contribution in [0.3, 0.4) is 0 Å². The van der Waals surface area contributed by atoms with Crippen molar-refractivity contribution < 1.29 is 23.8 Å². The highest BCUT2D eigenvalue weighted by Gasteiger charge is 2.27. The Hall–Kier alpha value is -4.50. The van der Waals surface area contributed by atoms with Gasteiger partial charge in [0.05, 0.1) is 23.5 Å². The van der Waals surface area contributed by atoms with Crippen molar-refractivity contribution in [1.82, 2.24) is 34.9 Å². The van der Waals surface area contributed by atoms with Crippen LogP contribution in [0.25, 0.3) is 0 Å². The zero-order valence-corrected chi connectivity index (χ0v) is 30.1. The van der Waals surface area contributed by atoms with Gasteiger partial charge in [0.25, 0.3) is 5.91 Å². The van der Waals surface area contributed by atoms with Gasteiger partial charge < -0.3 is 29.7 Å². The van der Waals surface area contributed by atoms with Gasteiger partial charge in [0.2, 0.25) is 5.95 Å². The molecule has 3 aliphatic rings. The van der Waals surface area contributed by atoms with Crippen molar-refractivity contribution in [2.24, 2.45) is 0 Å². The molecule has 2 aromatic carbocycles. The van der Waals surface area contributed by atoms with Gasteiger partial charge in [-0.05, 0) is 61.9 Å². The van der Waals surface area contributed by atoms with Crippen LogP contribution in [-0.2, 0) is 6.54 Å². The van der Waals surface area contributed by atoms with Crippen molar-refractivity contribution in [3.8, 4) is 11.5 Å². The van der Waals surface area contributed by atoms with Gasteiger partial charge in [-0.1, -0.05) is 17.7 Å². The number of unbranched alkanes of at least 4 members (excludes halogenated alkanes) is 1. The van der Waals surface area contributed by atoms with Crippen LogP contribution in [0, 0.1) is 5.82 Å². The lowest BCUT2D eigenvalue weighted by Gasteiger charge is -2.38. The van der Waals surface area contributed by atoms with Gasteiger partial charge in [0.15, 0.2) is 17.6 Å². The number of carbonyl (C=O) groups is 1. The molecule has 0 radical (unpaired) electrons. The van der Waals surface area contributed by atoms with Gasteiger partial charge in [-0.2, -0.15) is 5.10 Å². The van der Waals surface area contributed by atoms with Crippen molar-refractivity contribution in [2.45, 2.75) is 25.5 Å². The number of aromatic nitrogens is 4. The molecule has 3 aliphatic heterocycles. The summed E-state index contributed by atoms with van der Waals surface area (Å²) in [5.41, 5.74) is 1.47. The second-order valence-electron chi connectivity index (χ2n) is 12.9. The number of aliphatic hydroxyl groups is 1. The average Bonchev–Trinajstić information content (AvgIpc) is 3.62. The third-order valence-electron chi connectivity index (χ3n) is 9.32. The number of anilines is 2. The SMILES string of the molecule is Clc1cnn(CCCCN2CCN(c3ncccn3)CC2)c1.O=C(NCCN1CCN(c2cccc3c2OC[C@H](CO)O3)CC1)c1ccc(F)cc1. The zero-order valence-electron chi connectivity index (χ0n) is 29.3. The normalized spacial score (nSPS) is 17.7. The molecule has 2 saturated heterocycles. The van der Waals surface area contributed by atoms with E-state index in [2.05, 4.69) is 40.0 Å². The van der Waals surface area contributed by atoms with Crippen LogP contribution in [-0.4, -0.2) is 132 Å². The highest BCUT2D eigenvalue weighted by Crippen LogP contribution is 2.40. The van der Waals surface area contributed by atoms with Crippen molar-refractivity contribution in [3.05, 3.63) is 89.7 Å². The van der Waals surface area contributed by atoms with E-state index >= 15 is 0 Å². The maximum absolute atomic E-state index is 13.0. The molecule has 0 saturated carbocycles. The number of halogens is 2. The Labute approximate surface area is 308 Å². The van der Waals surface area contributed by atoms with Crippen LogP contribution < -0.4 is 24.6 Å². The number of ether oxygens (including phenoxy) is 2. The molecule has 0 spiro atoms. The van der Waals surface area contributed by atoms with Crippen molar-refractivity contribution >= 4 is 29.1 Å². The molecule has 2 N–H and O–H groups in total. The van der Waals surface area contributed by atoms with Crippen LogP contribution in [0.15, 0.2) is 73.3 Å². The summed E-state index contributed by atoms with van der Waals surface area (Å²) in [5.74, 6) is 1.71. The fourth-order valence-electron chi connectivity index (χ4n) is 6.41. The minimum Gasteiger partial charge on any atom is -0.484 e. The van der Waals surface area contributed by atoms with Gasteiger partial charge in [0.1, 0.15) is 12.4 Å². The van der Waals surface area contributed by atoms with Crippen LogP contribution in [0.5, 0.6) is 11.5 Å². The summed E-state index contributed by atoms with van der Waals surface area (Å²) < 4.78 is 26.5. The summed E-state index contributed by atoms with van der Waals surface area (Å²) in [6, 6.07) is 13.2. The minimum absolute atomic E-state index is 0.0694. The molecule has 278 valence electrons. The zero-order chi connectivity index (χ0) is 36.1. The first kappa shape index (κ1) is 37.3. The molecule has 0 bridgehead atoms. The number of amides is 1. The lowest BCUT2D eigenvalue weighted by Crippen LogP contribution is -2.48. The molecule has 15 heteroatoms. The number of rotatable bonds is 12. The molecule has 0 aliphatic carbocycles. The first-order chi connectivity index (χ1) is 25.4. The topological polar surface area (TPSA) is 124 Å². The fraction of sp³-hybridized carbons (Fsp3) is 0.459. The summed E-state index contributed by atoms with van der Waals surface area (Å²) in [7, 11) is 0. The number of piperazine rings is 2. The maximum atomic E-state index is 13.0. The van der Waals surface area contributed by atoms with E-state index in [1.807, 2.05) is 35.1 Å². The minimum atomic E-state index is -0.353. The van der Waals surface area contributed by atoms with Crippen LogP contribution in [0.2, 0.25) is 5.02 Å². The highest BCUT2D eigenvalue weighted by atomic mass is 35.5. The van der Waals surface area contributed by atoms with E-state index in [0.717, 1.165) is 95.8 Å². The summed E-state index contributed by atoms with van der Waals surface area (Å²) in [4.78, 5) is 30.1. The van der Waals surface area contributed by atoms with Gasteiger partial charge in [-0.3, -0.25) is 19.3 Å². The number of para-hydroxylation sites is 1. The summed E-state index contributed by atoms with van der Waals surface area (Å²) in [5, 5.41) is 17.1. The quantitative estimate of drug-likeness (QED) is 0.208. The summed E-state index contributed by atoms with van der Waals surface area (Å²) >= 11 is 5.85. The molecule has 52 heavy (non-hydrogen) atoms. The average molecular weight is 736 g/mol. The number of fused-ring (bicyclic) bond motifs is 1. The van der Waals surface area contributed by atoms with E-state index in [0.29, 0.717) is 29.5 Å². The van der Waals surface area contributed by atoms with E-state index in [-0.39, 0.29) is 24.4 Å². The van der Waals surface area contributed by atoms with E-state index in [1.165, 1.54) is 30.7 Å². The predicted octanol–water partition coefficient (Wildman–Crippen LogP) is 3.44. The van der Waals surface area contributed by atoms with Gasteiger partial charge in [0, 0.05) is 96.1 Å². The molecule has 1 amide bonds. The molecular formula is C37H47ClFN9O4. The Bertz CT molecular complexity index is 1680. The Balaban J connectivity index is 0.000000187. The molecule has 0 unspecified atom stereocenters. The number of benzene rings is 2. The van der Waals surface area contributed by atoms with Crippen molar-refractivity contribution in [1.29, 1.82) is 0 Å². The molecule has 2 fully saturated rings. The molecule has 4 aromatic rings. The third-order valence-corrected chi connectivity index (χ3v) is 9.52. The van der Waals surface area contributed by atoms with E-state index in [1.54, 1.807) is 18.6 Å². The number of aryl methyl sites for hydroxylation is 1. The molecule has 2 aromatic heterocycles. The van der Waals surface area contributed by atoms with Gasteiger partial charge in [-0.15, -0.1) is 0 Å². The monoisotopic (exact) mass is 735 g/mol. The standard InChI is InChI=1S/C22H26FN3O4.C15H21ClN6/c23-17-6-4-16(5-7-17)22(28)24-8-9-25-10-12-26(13-11-25)19-2-1-3-20-21(19)29-15-18(14-27)30-20;16-14-12-19-22(13-14)7-2-1-6-20-8-10-21(11-9-20)15-17-4-3-5-18-15/h1-7,18,27H,8-15H2,(H,24,28);3-5,12-13H,1-2,6-11H2/t18-;/m0./s1. The van der Waals surface area contributed by atoms with Gasteiger partial charge >= 0.3 is 0 Å². The Kier molecular flexibility index (Phi) is 13.5. The first-order valence-electron chi connectivity index (χ1n) is 17.9. The molecule has 7 rings (SSSR count). The molecule has 1 atom stereocenters. The van der Waals surface area contributed by atoms with Crippen molar-refractivity contribution in [3.63, 3.8) is 0 Å². The van der Waals surface area contributed by atoms with Crippen molar-refractivity contribution in [2.75, 3.05) is 95.0 Å². The molecular weight excluding hydrogens is 689 g/mol. The fourth-order valence-corrected chi connectivity index (χ4v) is 6.57. The largest absolute Gasteiger partial charge is 0.484 e. The third kappa shape index (κ3) is 10.5.